The summed E-state index contributed by atoms with van der Waals surface area (Å²) >= 11 is 0. The second kappa shape index (κ2) is 10.4. The van der Waals surface area contributed by atoms with Crippen molar-refractivity contribution in [3.05, 3.63) is 71.1 Å². The lowest BCUT2D eigenvalue weighted by Crippen LogP contribution is -2.44. The highest BCUT2D eigenvalue weighted by Crippen LogP contribution is 2.13. The van der Waals surface area contributed by atoms with Crippen molar-refractivity contribution in [2.75, 3.05) is 11.3 Å². The minimum absolute atomic E-state index is 0.255. The van der Waals surface area contributed by atoms with Crippen molar-refractivity contribution >= 4 is 33.6 Å². The summed E-state index contributed by atoms with van der Waals surface area (Å²) in [7, 11) is -3.69. The predicted octanol–water partition coefficient (Wildman–Crippen LogP) is 2.74. The molecule has 3 N–H and O–H groups in total. The summed E-state index contributed by atoms with van der Waals surface area (Å²) in [6.45, 7) is 4.09. The zero-order chi connectivity index (χ0) is 21.3. The van der Waals surface area contributed by atoms with Gasteiger partial charge in [0.15, 0.2) is 0 Å². The number of rotatable bonds is 9. The van der Waals surface area contributed by atoms with Gasteiger partial charge in [0.05, 0.1) is 5.41 Å². The fourth-order valence-electron chi connectivity index (χ4n) is 2.37. The van der Waals surface area contributed by atoms with E-state index in [1.54, 1.807) is 19.1 Å². The molecule has 0 heterocycles. The van der Waals surface area contributed by atoms with E-state index in [0.717, 1.165) is 17.4 Å². The van der Waals surface area contributed by atoms with Crippen LogP contribution in [-0.4, -0.2) is 32.8 Å². The number of sulfonamides is 1. The molecule has 0 aliphatic carbocycles. The summed E-state index contributed by atoms with van der Waals surface area (Å²) in [5.41, 5.74) is 1.41. The van der Waals surface area contributed by atoms with Crippen LogP contribution in [0.2, 0.25) is 0 Å². The zero-order valence-corrected chi connectivity index (χ0v) is 17.2. The third-order valence-corrected chi connectivity index (χ3v) is 4.95. The standard InChI is InChI=1S/C21H25N3O4S/c1-3-14-22-20(25)16(2)23-21(26)18-9-11-19(12-10-18)24-29(27,28)15-13-17-7-5-4-6-8-17/h4-13,15-16,24H,3,14H2,1-2H3,(H,22,25)(H,23,26)/b15-13+/t16-/m0/s1. The maximum atomic E-state index is 12.2. The molecular weight excluding hydrogens is 390 g/mol. The second-order valence-electron chi connectivity index (χ2n) is 6.42. The SMILES string of the molecule is CCCNC(=O)[C@H](C)NC(=O)c1ccc(NS(=O)(=O)/C=C/c2ccccc2)cc1. The van der Waals surface area contributed by atoms with Gasteiger partial charge in [-0.05, 0) is 49.2 Å². The van der Waals surface area contributed by atoms with Crippen molar-refractivity contribution in [1.82, 2.24) is 10.6 Å². The molecule has 0 bridgehead atoms. The highest BCUT2D eigenvalue weighted by Gasteiger charge is 2.16. The highest BCUT2D eigenvalue weighted by atomic mass is 32.2. The van der Waals surface area contributed by atoms with Crippen LogP contribution in [0, 0.1) is 0 Å². The van der Waals surface area contributed by atoms with Crippen LogP contribution in [0.4, 0.5) is 5.69 Å². The molecule has 0 unspecified atom stereocenters. The van der Waals surface area contributed by atoms with Gasteiger partial charge in [0.1, 0.15) is 6.04 Å². The Hall–Kier alpha value is -3.13. The Morgan fingerprint density at radius 2 is 1.69 bits per heavy atom. The van der Waals surface area contributed by atoms with E-state index in [1.165, 1.54) is 30.3 Å². The first-order valence-corrected chi connectivity index (χ1v) is 10.8. The lowest BCUT2D eigenvalue weighted by Gasteiger charge is -2.14. The molecule has 0 aliphatic heterocycles. The van der Waals surface area contributed by atoms with Crippen molar-refractivity contribution < 1.29 is 18.0 Å². The summed E-state index contributed by atoms with van der Waals surface area (Å²) in [5, 5.41) is 6.40. The third kappa shape index (κ3) is 7.42. The van der Waals surface area contributed by atoms with Gasteiger partial charge in [-0.3, -0.25) is 14.3 Å². The first kappa shape index (κ1) is 22.2. The van der Waals surface area contributed by atoms with E-state index in [0.29, 0.717) is 17.8 Å². The Labute approximate surface area is 171 Å². The van der Waals surface area contributed by atoms with Crippen LogP contribution in [-0.2, 0) is 14.8 Å². The maximum absolute atomic E-state index is 12.2. The molecule has 2 aromatic rings. The second-order valence-corrected chi connectivity index (χ2v) is 7.99. The van der Waals surface area contributed by atoms with Gasteiger partial charge in [-0.15, -0.1) is 0 Å². The van der Waals surface area contributed by atoms with E-state index in [9.17, 15) is 18.0 Å². The summed E-state index contributed by atoms with van der Waals surface area (Å²) in [6.07, 6.45) is 2.30. The van der Waals surface area contributed by atoms with Crippen molar-refractivity contribution in [3.63, 3.8) is 0 Å². The monoisotopic (exact) mass is 415 g/mol. The zero-order valence-electron chi connectivity index (χ0n) is 16.4. The molecule has 29 heavy (non-hydrogen) atoms. The molecule has 0 spiro atoms. The van der Waals surface area contributed by atoms with E-state index >= 15 is 0 Å². The van der Waals surface area contributed by atoms with Crippen LogP contribution >= 0.6 is 0 Å². The van der Waals surface area contributed by atoms with Gasteiger partial charge in [0.2, 0.25) is 5.91 Å². The van der Waals surface area contributed by atoms with Crippen LogP contribution in [0.1, 0.15) is 36.2 Å². The molecule has 2 rings (SSSR count). The number of carbonyl (C=O) groups excluding carboxylic acids is 2. The molecule has 7 nitrogen and oxygen atoms in total. The molecule has 1 atom stereocenters. The molecule has 0 aromatic heterocycles. The number of hydrogen-bond donors (Lipinski definition) is 3. The fourth-order valence-corrected chi connectivity index (χ4v) is 3.24. The van der Waals surface area contributed by atoms with Crippen LogP contribution in [0.5, 0.6) is 0 Å². The molecule has 2 amide bonds. The first-order chi connectivity index (χ1) is 13.8. The number of amides is 2. The largest absolute Gasteiger partial charge is 0.354 e. The lowest BCUT2D eigenvalue weighted by molar-refractivity contribution is -0.122. The van der Waals surface area contributed by atoms with Crippen LogP contribution in [0.3, 0.4) is 0 Å². The number of hydrogen-bond acceptors (Lipinski definition) is 4. The molecule has 0 saturated carbocycles. The van der Waals surface area contributed by atoms with Gasteiger partial charge >= 0.3 is 0 Å². The van der Waals surface area contributed by atoms with Crippen LogP contribution in [0.15, 0.2) is 60.0 Å². The van der Waals surface area contributed by atoms with Gasteiger partial charge < -0.3 is 10.6 Å². The minimum Gasteiger partial charge on any atom is -0.354 e. The minimum atomic E-state index is -3.69. The smallest absolute Gasteiger partial charge is 0.255 e. The Balaban J connectivity index is 1.96. The molecule has 0 saturated heterocycles. The molecule has 2 aromatic carbocycles. The van der Waals surface area contributed by atoms with Crippen molar-refractivity contribution in [3.8, 4) is 0 Å². The Morgan fingerprint density at radius 3 is 2.31 bits per heavy atom. The van der Waals surface area contributed by atoms with Gasteiger partial charge in [-0.2, -0.15) is 0 Å². The van der Waals surface area contributed by atoms with Gasteiger partial charge in [0, 0.05) is 17.8 Å². The summed E-state index contributed by atoms with van der Waals surface area (Å²) < 4.78 is 26.8. The summed E-state index contributed by atoms with van der Waals surface area (Å²) in [4.78, 5) is 24.1. The van der Waals surface area contributed by atoms with Gasteiger partial charge in [-0.25, -0.2) is 8.42 Å². The molecule has 0 radical (unpaired) electrons. The summed E-state index contributed by atoms with van der Waals surface area (Å²) in [5.74, 6) is -0.669. The Kier molecular flexibility index (Phi) is 7.97. The Bertz CT molecular complexity index is 955. The van der Waals surface area contributed by atoms with Gasteiger partial charge in [-0.1, -0.05) is 37.3 Å². The number of carbonyl (C=O) groups is 2. The summed E-state index contributed by atoms with van der Waals surface area (Å²) in [6, 6.07) is 14.4. The predicted molar refractivity (Wildman–Crippen MR) is 115 cm³/mol. The highest BCUT2D eigenvalue weighted by molar-refractivity contribution is 7.95. The topological polar surface area (TPSA) is 104 Å². The van der Waals surface area contributed by atoms with Crippen LogP contribution in [0.25, 0.3) is 6.08 Å². The molecule has 8 heteroatoms. The van der Waals surface area contributed by atoms with Crippen molar-refractivity contribution in [1.29, 1.82) is 0 Å². The third-order valence-electron chi connectivity index (χ3n) is 3.94. The average molecular weight is 416 g/mol. The molecule has 154 valence electrons. The number of benzene rings is 2. The normalized spacial score (nSPS) is 12.3. The van der Waals surface area contributed by atoms with Gasteiger partial charge in [0.25, 0.3) is 15.9 Å². The van der Waals surface area contributed by atoms with E-state index in [2.05, 4.69) is 15.4 Å². The van der Waals surface area contributed by atoms with E-state index in [-0.39, 0.29) is 5.91 Å². The first-order valence-electron chi connectivity index (χ1n) is 9.25. The lowest BCUT2D eigenvalue weighted by atomic mass is 10.2. The molecule has 0 aliphatic rings. The van der Waals surface area contributed by atoms with E-state index < -0.39 is 22.0 Å². The molecular formula is C21H25N3O4S. The maximum Gasteiger partial charge on any atom is 0.255 e. The Morgan fingerprint density at radius 1 is 1.03 bits per heavy atom. The van der Waals surface area contributed by atoms with Crippen molar-refractivity contribution in [2.24, 2.45) is 0 Å². The quantitative estimate of drug-likeness (QED) is 0.586. The van der Waals surface area contributed by atoms with E-state index in [1.807, 2.05) is 25.1 Å². The fraction of sp³-hybridized carbons (Fsp3) is 0.238. The van der Waals surface area contributed by atoms with Crippen LogP contribution < -0.4 is 15.4 Å². The molecule has 0 fully saturated rings. The number of nitrogens with one attached hydrogen (secondary N) is 3. The average Bonchev–Trinajstić information content (AvgIpc) is 2.71. The van der Waals surface area contributed by atoms with E-state index in [4.69, 9.17) is 0 Å². The van der Waals surface area contributed by atoms with Crippen molar-refractivity contribution in [2.45, 2.75) is 26.3 Å². The number of anilines is 1.